The Balaban J connectivity index is 2.65. The van der Waals surface area contributed by atoms with Gasteiger partial charge in [0.2, 0.25) is 5.78 Å². The Morgan fingerprint density at radius 1 is 1.35 bits per heavy atom. The number of carbonyl (C=O) groups is 3. The van der Waals surface area contributed by atoms with Gasteiger partial charge in [0.15, 0.2) is 0 Å². The van der Waals surface area contributed by atoms with E-state index in [0.717, 1.165) is 5.56 Å². The molecule has 1 rings (SSSR count). The van der Waals surface area contributed by atoms with Gasteiger partial charge in [-0.3, -0.25) is 9.59 Å². The molecule has 0 heterocycles. The Bertz CT molecular complexity index is 426. The van der Waals surface area contributed by atoms with Crippen molar-refractivity contribution >= 4 is 23.7 Å². The third-order valence-corrected chi connectivity index (χ3v) is 2.18. The first-order valence-electron chi connectivity index (χ1n) is 5.14. The molecular weight excluding hydrogens is 220 g/mol. The molecular formula is C12H14N2O3. The molecule has 0 aliphatic heterocycles. The molecule has 1 amide bonds. The van der Waals surface area contributed by atoms with Crippen LogP contribution in [0.5, 0.6) is 0 Å². The Morgan fingerprint density at radius 2 is 1.94 bits per heavy atom. The van der Waals surface area contributed by atoms with Crippen LogP contribution in [0.3, 0.4) is 0 Å². The van der Waals surface area contributed by atoms with Crippen LogP contribution in [-0.4, -0.2) is 24.0 Å². The first-order valence-corrected chi connectivity index (χ1v) is 5.14. The molecule has 17 heavy (non-hydrogen) atoms. The molecule has 0 bridgehead atoms. The third kappa shape index (κ3) is 4.16. The number of nitrogens with two attached hydrogens (primary N) is 1. The van der Waals surface area contributed by atoms with Crippen LogP contribution in [0.4, 0.5) is 5.69 Å². The number of hydrogen-bond acceptors (Lipinski definition) is 4. The summed E-state index contributed by atoms with van der Waals surface area (Å²) in [6.07, 6.45) is 1.13. The Labute approximate surface area is 99.0 Å². The van der Waals surface area contributed by atoms with Gasteiger partial charge < -0.3 is 15.8 Å². The van der Waals surface area contributed by atoms with Crippen LogP contribution in [0, 0.1) is 0 Å². The summed E-state index contributed by atoms with van der Waals surface area (Å²) >= 11 is 0. The SMILES string of the molecule is CC(=O)C(=O)Nc1ccc(C[C@H](N)C=O)cc1. The molecule has 0 aromatic heterocycles. The van der Waals surface area contributed by atoms with Crippen LogP contribution >= 0.6 is 0 Å². The average molecular weight is 234 g/mol. The zero-order valence-electron chi connectivity index (χ0n) is 9.47. The lowest BCUT2D eigenvalue weighted by atomic mass is 10.1. The van der Waals surface area contributed by atoms with E-state index in [9.17, 15) is 14.4 Å². The number of aldehydes is 1. The van der Waals surface area contributed by atoms with Crippen molar-refractivity contribution in [1.29, 1.82) is 0 Å². The number of Topliss-reactive ketones (excluding diaryl/α,β-unsaturated/α-hetero) is 1. The maximum atomic E-state index is 11.1. The zero-order chi connectivity index (χ0) is 12.8. The van der Waals surface area contributed by atoms with E-state index < -0.39 is 17.7 Å². The second-order valence-electron chi connectivity index (χ2n) is 3.71. The summed E-state index contributed by atoms with van der Waals surface area (Å²) in [5.41, 5.74) is 6.91. The number of nitrogens with one attached hydrogen (secondary N) is 1. The van der Waals surface area contributed by atoms with Crippen LogP contribution in [-0.2, 0) is 20.8 Å². The molecule has 0 aliphatic carbocycles. The molecule has 1 aromatic rings. The molecule has 1 atom stereocenters. The van der Waals surface area contributed by atoms with Crippen LogP contribution in [0.1, 0.15) is 12.5 Å². The number of hydrogen-bond donors (Lipinski definition) is 2. The van der Waals surface area contributed by atoms with Crippen molar-refractivity contribution in [2.45, 2.75) is 19.4 Å². The number of carbonyl (C=O) groups excluding carboxylic acids is 3. The van der Waals surface area contributed by atoms with Gasteiger partial charge in [0.1, 0.15) is 6.29 Å². The summed E-state index contributed by atoms with van der Waals surface area (Å²) in [4.78, 5) is 32.2. The molecule has 5 heteroatoms. The van der Waals surface area contributed by atoms with Crippen LogP contribution in [0.25, 0.3) is 0 Å². The maximum absolute atomic E-state index is 11.1. The number of benzene rings is 1. The smallest absolute Gasteiger partial charge is 0.291 e. The summed E-state index contributed by atoms with van der Waals surface area (Å²) in [5, 5.41) is 2.45. The van der Waals surface area contributed by atoms with E-state index in [2.05, 4.69) is 5.32 Å². The number of rotatable bonds is 5. The quantitative estimate of drug-likeness (QED) is 0.565. The fraction of sp³-hybridized carbons (Fsp3) is 0.250. The monoisotopic (exact) mass is 234 g/mol. The van der Waals surface area contributed by atoms with E-state index in [4.69, 9.17) is 5.73 Å². The highest BCUT2D eigenvalue weighted by molar-refractivity contribution is 6.39. The standard InChI is InChI=1S/C12H14N2O3/c1-8(16)12(17)14-11-4-2-9(3-5-11)6-10(13)7-15/h2-5,7,10H,6,13H2,1H3,(H,14,17)/t10-/m0/s1. The summed E-state index contributed by atoms with van der Waals surface area (Å²) in [6, 6.07) is 6.30. The minimum atomic E-state index is -0.651. The molecule has 0 spiro atoms. The van der Waals surface area contributed by atoms with E-state index in [-0.39, 0.29) is 0 Å². The van der Waals surface area contributed by atoms with E-state index in [0.29, 0.717) is 18.4 Å². The van der Waals surface area contributed by atoms with Crippen LogP contribution in [0.2, 0.25) is 0 Å². The van der Waals surface area contributed by atoms with Crippen molar-refractivity contribution in [3.05, 3.63) is 29.8 Å². The highest BCUT2D eigenvalue weighted by Gasteiger charge is 2.07. The minimum Gasteiger partial charge on any atom is -0.321 e. The van der Waals surface area contributed by atoms with E-state index >= 15 is 0 Å². The normalized spacial score (nSPS) is 11.6. The third-order valence-electron chi connectivity index (χ3n) is 2.18. The summed E-state index contributed by atoms with van der Waals surface area (Å²) < 4.78 is 0. The van der Waals surface area contributed by atoms with Gasteiger partial charge in [0.25, 0.3) is 5.91 Å². The van der Waals surface area contributed by atoms with Gasteiger partial charge >= 0.3 is 0 Å². The largest absolute Gasteiger partial charge is 0.321 e. The summed E-state index contributed by atoms with van der Waals surface area (Å²) in [5.74, 6) is -1.20. The van der Waals surface area contributed by atoms with Crippen molar-refractivity contribution in [1.82, 2.24) is 0 Å². The molecule has 0 saturated carbocycles. The van der Waals surface area contributed by atoms with E-state index in [1.807, 2.05) is 0 Å². The number of amides is 1. The van der Waals surface area contributed by atoms with Gasteiger partial charge in [-0.05, 0) is 24.1 Å². The minimum absolute atomic E-state index is 0.449. The van der Waals surface area contributed by atoms with Crippen molar-refractivity contribution in [2.24, 2.45) is 5.73 Å². The van der Waals surface area contributed by atoms with Gasteiger partial charge in [-0.2, -0.15) is 0 Å². The lowest BCUT2D eigenvalue weighted by molar-refractivity contribution is -0.133. The van der Waals surface area contributed by atoms with Gasteiger partial charge in [-0.15, -0.1) is 0 Å². The molecule has 0 saturated heterocycles. The Hall–Kier alpha value is -2.01. The van der Waals surface area contributed by atoms with Crippen molar-refractivity contribution in [3.8, 4) is 0 Å². The van der Waals surface area contributed by atoms with Crippen molar-refractivity contribution in [2.75, 3.05) is 5.32 Å². The molecule has 0 radical (unpaired) electrons. The summed E-state index contributed by atoms with van der Waals surface area (Å²) in [7, 11) is 0. The highest BCUT2D eigenvalue weighted by Crippen LogP contribution is 2.10. The fourth-order valence-electron chi connectivity index (χ4n) is 1.26. The predicted molar refractivity (Wildman–Crippen MR) is 63.5 cm³/mol. The Morgan fingerprint density at radius 3 is 2.41 bits per heavy atom. The van der Waals surface area contributed by atoms with Crippen LogP contribution in [0.15, 0.2) is 24.3 Å². The van der Waals surface area contributed by atoms with Crippen LogP contribution < -0.4 is 11.1 Å². The molecule has 5 nitrogen and oxygen atoms in total. The second kappa shape index (κ2) is 5.91. The van der Waals surface area contributed by atoms with Gasteiger partial charge in [-0.1, -0.05) is 12.1 Å². The predicted octanol–water partition coefficient (Wildman–Crippen LogP) is 0.283. The molecule has 1 aromatic carbocycles. The molecule has 0 unspecified atom stereocenters. The second-order valence-corrected chi connectivity index (χ2v) is 3.71. The lowest BCUT2D eigenvalue weighted by Crippen LogP contribution is -2.24. The topological polar surface area (TPSA) is 89.3 Å². The average Bonchev–Trinajstić information content (AvgIpc) is 2.31. The van der Waals surface area contributed by atoms with Gasteiger partial charge in [-0.25, -0.2) is 0 Å². The number of ketones is 1. The highest BCUT2D eigenvalue weighted by atomic mass is 16.2. The zero-order valence-corrected chi connectivity index (χ0v) is 9.47. The molecule has 3 N–H and O–H groups in total. The van der Waals surface area contributed by atoms with E-state index in [1.54, 1.807) is 24.3 Å². The fourth-order valence-corrected chi connectivity index (χ4v) is 1.26. The molecule has 0 fully saturated rings. The molecule has 90 valence electrons. The van der Waals surface area contributed by atoms with Crippen molar-refractivity contribution < 1.29 is 14.4 Å². The maximum Gasteiger partial charge on any atom is 0.291 e. The van der Waals surface area contributed by atoms with E-state index in [1.165, 1.54) is 6.92 Å². The van der Waals surface area contributed by atoms with Gasteiger partial charge in [0.05, 0.1) is 6.04 Å². The van der Waals surface area contributed by atoms with Gasteiger partial charge in [0, 0.05) is 12.6 Å². The van der Waals surface area contributed by atoms with Crippen molar-refractivity contribution in [3.63, 3.8) is 0 Å². The lowest BCUT2D eigenvalue weighted by Gasteiger charge is -2.06. The first-order chi connectivity index (χ1) is 8.02. The molecule has 0 aliphatic rings. The summed E-state index contributed by atoms with van der Waals surface area (Å²) in [6.45, 7) is 1.20. The first kappa shape index (κ1) is 13.1. The number of anilines is 1. The Kier molecular flexibility index (Phi) is 4.54.